The van der Waals surface area contributed by atoms with Crippen molar-refractivity contribution < 1.29 is 9.53 Å². The third kappa shape index (κ3) is 3.17. The van der Waals surface area contributed by atoms with Crippen LogP contribution in [0.1, 0.15) is 12.8 Å². The summed E-state index contributed by atoms with van der Waals surface area (Å²) in [5.74, 6) is 1.42. The SMILES string of the molecule is COc1cccc(NC(=O)[C@@H]2CCCN(c3ncnc4nc[nH]c34)C2)c1. The zero-order chi connectivity index (χ0) is 17.9. The summed E-state index contributed by atoms with van der Waals surface area (Å²) in [6.07, 6.45) is 4.90. The number of carbonyl (C=O) groups is 1. The quantitative estimate of drug-likeness (QED) is 0.747. The zero-order valence-electron chi connectivity index (χ0n) is 14.5. The fraction of sp³-hybridized carbons (Fsp3) is 0.333. The van der Waals surface area contributed by atoms with Gasteiger partial charge in [-0.2, -0.15) is 0 Å². The normalized spacial score (nSPS) is 17.3. The molecule has 0 bridgehead atoms. The Bertz CT molecular complexity index is 925. The van der Waals surface area contributed by atoms with Gasteiger partial charge in [-0.1, -0.05) is 6.07 Å². The van der Waals surface area contributed by atoms with E-state index in [1.54, 1.807) is 13.4 Å². The number of piperidine rings is 1. The first kappa shape index (κ1) is 16.3. The molecule has 2 N–H and O–H groups in total. The molecule has 1 fully saturated rings. The Morgan fingerprint density at radius 3 is 3.15 bits per heavy atom. The topological polar surface area (TPSA) is 96.0 Å². The van der Waals surface area contributed by atoms with Gasteiger partial charge in [0.15, 0.2) is 11.5 Å². The molecule has 26 heavy (non-hydrogen) atoms. The van der Waals surface area contributed by atoms with Crippen LogP contribution in [0.4, 0.5) is 11.5 Å². The van der Waals surface area contributed by atoms with Crippen molar-refractivity contribution in [3.63, 3.8) is 0 Å². The van der Waals surface area contributed by atoms with Crippen molar-refractivity contribution in [2.75, 3.05) is 30.4 Å². The molecule has 0 radical (unpaired) electrons. The number of H-pyrrole nitrogens is 1. The molecule has 3 aromatic rings. The fourth-order valence-corrected chi connectivity index (χ4v) is 3.32. The first-order valence-electron chi connectivity index (χ1n) is 8.58. The molecule has 2 aromatic heterocycles. The van der Waals surface area contributed by atoms with E-state index in [0.29, 0.717) is 12.2 Å². The third-order valence-electron chi connectivity index (χ3n) is 4.63. The lowest BCUT2D eigenvalue weighted by Gasteiger charge is -2.32. The number of ether oxygens (including phenoxy) is 1. The number of aromatic amines is 1. The second-order valence-corrected chi connectivity index (χ2v) is 6.30. The van der Waals surface area contributed by atoms with Crippen LogP contribution in [-0.4, -0.2) is 46.0 Å². The van der Waals surface area contributed by atoms with E-state index in [2.05, 4.69) is 30.2 Å². The molecule has 1 amide bonds. The van der Waals surface area contributed by atoms with Gasteiger partial charge in [0, 0.05) is 24.8 Å². The van der Waals surface area contributed by atoms with Crippen molar-refractivity contribution >= 4 is 28.6 Å². The van der Waals surface area contributed by atoms with Crippen LogP contribution in [0.15, 0.2) is 36.9 Å². The number of nitrogens with zero attached hydrogens (tertiary/aromatic N) is 4. The molecule has 4 rings (SSSR count). The number of fused-ring (bicyclic) bond motifs is 1. The zero-order valence-corrected chi connectivity index (χ0v) is 14.5. The van der Waals surface area contributed by atoms with Crippen molar-refractivity contribution in [3.05, 3.63) is 36.9 Å². The van der Waals surface area contributed by atoms with E-state index < -0.39 is 0 Å². The molecule has 1 aliphatic rings. The van der Waals surface area contributed by atoms with Crippen LogP contribution in [-0.2, 0) is 4.79 Å². The average Bonchev–Trinajstić information content (AvgIpc) is 3.17. The van der Waals surface area contributed by atoms with Crippen LogP contribution in [0.2, 0.25) is 0 Å². The molecular weight excluding hydrogens is 332 g/mol. The monoisotopic (exact) mass is 352 g/mol. The molecule has 1 aromatic carbocycles. The summed E-state index contributed by atoms with van der Waals surface area (Å²) in [4.78, 5) is 30.7. The summed E-state index contributed by atoms with van der Waals surface area (Å²) in [6, 6.07) is 7.39. The molecular formula is C18H20N6O2. The number of nitrogens with one attached hydrogen (secondary N) is 2. The van der Waals surface area contributed by atoms with E-state index in [-0.39, 0.29) is 11.8 Å². The number of methoxy groups -OCH3 is 1. The minimum Gasteiger partial charge on any atom is -0.497 e. The molecule has 1 aliphatic heterocycles. The van der Waals surface area contributed by atoms with Gasteiger partial charge in [0.25, 0.3) is 0 Å². The Labute approximate surface area is 150 Å². The van der Waals surface area contributed by atoms with Gasteiger partial charge >= 0.3 is 0 Å². The highest BCUT2D eigenvalue weighted by Gasteiger charge is 2.28. The van der Waals surface area contributed by atoms with Gasteiger partial charge in [-0.25, -0.2) is 15.0 Å². The molecule has 8 heteroatoms. The van der Waals surface area contributed by atoms with Crippen molar-refractivity contribution in [1.29, 1.82) is 0 Å². The van der Waals surface area contributed by atoms with Crippen molar-refractivity contribution in [2.24, 2.45) is 5.92 Å². The molecule has 134 valence electrons. The van der Waals surface area contributed by atoms with Crippen molar-refractivity contribution in [2.45, 2.75) is 12.8 Å². The number of hydrogen-bond donors (Lipinski definition) is 2. The minimum absolute atomic E-state index is 0.0119. The molecule has 0 aliphatic carbocycles. The number of rotatable bonds is 4. The van der Waals surface area contributed by atoms with E-state index in [0.717, 1.165) is 42.2 Å². The summed E-state index contributed by atoms with van der Waals surface area (Å²) in [7, 11) is 1.61. The van der Waals surface area contributed by atoms with Crippen LogP contribution < -0.4 is 15.0 Å². The molecule has 0 spiro atoms. The number of benzene rings is 1. The maximum absolute atomic E-state index is 12.7. The number of anilines is 2. The van der Waals surface area contributed by atoms with Crippen LogP contribution >= 0.6 is 0 Å². The van der Waals surface area contributed by atoms with E-state index >= 15 is 0 Å². The standard InChI is InChI=1S/C18H20N6O2/c1-26-14-6-2-5-13(8-14)23-18(25)12-4-3-7-24(9-12)17-15-16(20-10-19-15)21-11-22-17/h2,5-6,8,10-12H,3-4,7,9H2,1H3,(H,23,25)(H,19,20,21,22)/t12-/m1/s1. The highest BCUT2D eigenvalue weighted by atomic mass is 16.5. The summed E-state index contributed by atoms with van der Waals surface area (Å²) in [6.45, 7) is 1.47. The predicted octanol–water partition coefficient (Wildman–Crippen LogP) is 2.22. The van der Waals surface area contributed by atoms with E-state index in [9.17, 15) is 4.79 Å². The Morgan fingerprint density at radius 2 is 2.27 bits per heavy atom. The van der Waals surface area contributed by atoms with Gasteiger partial charge in [0.1, 0.15) is 17.6 Å². The van der Waals surface area contributed by atoms with Crippen molar-refractivity contribution in [3.8, 4) is 5.75 Å². The molecule has 8 nitrogen and oxygen atoms in total. The maximum atomic E-state index is 12.7. The summed E-state index contributed by atoms with van der Waals surface area (Å²) in [5, 5.41) is 2.99. The average molecular weight is 352 g/mol. The number of imidazole rings is 1. The molecule has 1 saturated heterocycles. The van der Waals surface area contributed by atoms with Gasteiger partial charge in [0.2, 0.25) is 5.91 Å². The van der Waals surface area contributed by atoms with Crippen molar-refractivity contribution in [1.82, 2.24) is 19.9 Å². The second-order valence-electron chi connectivity index (χ2n) is 6.30. The van der Waals surface area contributed by atoms with Gasteiger partial charge < -0.3 is 19.9 Å². The number of carbonyl (C=O) groups excluding carboxylic acids is 1. The predicted molar refractivity (Wildman–Crippen MR) is 98.2 cm³/mol. The van der Waals surface area contributed by atoms with Gasteiger partial charge in [-0.3, -0.25) is 4.79 Å². The Hall–Kier alpha value is -3.16. The molecule has 1 atom stereocenters. The highest BCUT2D eigenvalue weighted by Crippen LogP contribution is 2.26. The lowest BCUT2D eigenvalue weighted by Crippen LogP contribution is -2.41. The van der Waals surface area contributed by atoms with Crippen LogP contribution in [0, 0.1) is 5.92 Å². The third-order valence-corrected chi connectivity index (χ3v) is 4.63. The number of amides is 1. The van der Waals surface area contributed by atoms with Crippen LogP contribution in [0.25, 0.3) is 11.2 Å². The lowest BCUT2D eigenvalue weighted by atomic mass is 9.97. The first-order chi connectivity index (χ1) is 12.7. The van der Waals surface area contributed by atoms with E-state index in [4.69, 9.17) is 4.74 Å². The molecule has 0 unspecified atom stereocenters. The molecule has 3 heterocycles. The minimum atomic E-state index is -0.108. The Kier molecular flexibility index (Phi) is 4.39. The van der Waals surface area contributed by atoms with Crippen LogP contribution in [0.5, 0.6) is 5.75 Å². The second kappa shape index (κ2) is 6.99. The molecule has 0 saturated carbocycles. The lowest BCUT2D eigenvalue weighted by molar-refractivity contribution is -0.120. The van der Waals surface area contributed by atoms with Gasteiger partial charge in [0.05, 0.1) is 19.4 Å². The van der Waals surface area contributed by atoms with E-state index in [1.165, 1.54) is 6.33 Å². The smallest absolute Gasteiger partial charge is 0.229 e. The fourth-order valence-electron chi connectivity index (χ4n) is 3.32. The first-order valence-corrected chi connectivity index (χ1v) is 8.58. The largest absolute Gasteiger partial charge is 0.497 e. The highest BCUT2D eigenvalue weighted by molar-refractivity contribution is 5.93. The number of aromatic nitrogens is 4. The van der Waals surface area contributed by atoms with Gasteiger partial charge in [-0.05, 0) is 25.0 Å². The summed E-state index contributed by atoms with van der Waals surface area (Å²) >= 11 is 0. The number of hydrogen-bond acceptors (Lipinski definition) is 6. The van der Waals surface area contributed by atoms with Gasteiger partial charge in [-0.15, -0.1) is 0 Å². The Morgan fingerprint density at radius 1 is 1.35 bits per heavy atom. The Balaban J connectivity index is 1.49. The van der Waals surface area contributed by atoms with E-state index in [1.807, 2.05) is 24.3 Å². The van der Waals surface area contributed by atoms with Crippen LogP contribution in [0.3, 0.4) is 0 Å². The maximum Gasteiger partial charge on any atom is 0.229 e. The summed E-state index contributed by atoms with van der Waals surface area (Å²) < 4.78 is 5.21. The summed E-state index contributed by atoms with van der Waals surface area (Å²) in [5.41, 5.74) is 2.18.